The fraction of sp³-hybridized carbons (Fsp3) is 0.900. The molecule has 0 aromatic heterocycles. The third-order valence-corrected chi connectivity index (χ3v) is 3.02. The Balaban J connectivity index is 4.06. The molecule has 0 aliphatic rings. The van der Waals surface area contributed by atoms with Crippen LogP contribution in [0.4, 0.5) is 0 Å². The average molecular weight is 235 g/mol. The molecule has 0 aromatic carbocycles. The lowest BCUT2D eigenvalue weighted by atomic mass is 9.90. The van der Waals surface area contributed by atoms with Crippen molar-refractivity contribution in [1.29, 1.82) is 0 Å². The van der Waals surface area contributed by atoms with E-state index < -0.39 is 9.84 Å². The summed E-state index contributed by atoms with van der Waals surface area (Å²) in [6, 6.07) is 0. The van der Waals surface area contributed by atoms with Gasteiger partial charge in [0.05, 0.1) is 12.3 Å². The Morgan fingerprint density at radius 1 is 1.27 bits per heavy atom. The number of likely N-dealkylation sites (N-methyl/N-ethyl adjacent to an activating group) is 1. The Kier molecular flexibility index (Phi) is 4.93. The minimum absolute atomic E-state index is 0.0981. The van der Waals surface area contributed by atoms with Crippen LogP contribution in [0.15, 0.2) is 0 Å². The van der Waals surface area contributed by atoms with Gasteiger partial charge < -0.3 is 0 Å². The van der Waals surface area contributed by atoms with E-state index in [2.05, 4.69) is 0 Å². The second-order valence-electron chi connectivity index (χ2n) is 5.04. The molecule has 0 aliphatic carbocycles. The molecule has 0 N–H and O–H groups in total. The summed E-state index contributed by atoms with van der Waals surface area (Å²) in [6.07, 6.45) is 1.20. The minimum Gasteiger partial charge on any atom is -0.298 e. The number of rotatable bonds is 5. The van der Waals surface area contributed by atoms with Crippen LogP contribution < -0.4 is 0 Å². The third-order valence-electron chi connectivity index (χ3n) is 2.09. The van der Waals surface area contributed by atoms with E-state index >= 15 is 0 Å². The van der Waals surface area contributed by atoms with E-state index in [9.17, 15) is 13.2 Å². The quantitative estimate of drug-likeness (QED) is 0.699. The molecule has 4 nitrogen and oxygen atoms in total. The highest BCUT2D eigenvalue weighted by molar-refractivity contribution is 7.90. The van der Waals surface area contributed by atoms with Crippen molar-refractivity contribution in [3.8, 4) is 0 Å². The van der Waals surface area contributed by atoms with Gasteiger partial charge in [0, 0.05) is 18.2 Å². The summed E-state index contributed by atoms with van der Waals surface area (Å²) in [5, 5.41) is 0. The Morgan fingerprint density at radius 3 is 2.07 bits per heavy atom. The molecule has 0 saturated carbocycles. The highest BCUT2D eigenvalue weighted by atomic mass is 32.2. The first kappa shape index (κ1) is 14.6. The van der Waals surface area contributed by atoms with Crippen LogP contribution >= 0.6 is 0 Å². The molecule has 0 bridgehead atoms. The van der Waals surface area contributed by atoms with Gasteiger partial charge in [-0.3, -0.25) is 9.69 Å². The van der Waals surface area contributed by atoms with Crippen LogP contribution in [0, 0.1) is 5.41 Å². The number of hydrogen-bond acceptors (Lipinski definition) is 4. The van der Waals surface area contributed by atoms with Crippen LogP contribution in [0.3, 0.4) is 0 Å². The number of hydrogen-bond donors (Lipinski definition) is 0. The smallest absolute Gasteiger partial charge is 0.152 e. The zero-order valence-corrected chi connectivity index (χ0v) is 11.0. The highest BCUT2D eigenvalue weighted by Crippen LogP contribution is 2.14. The Labute approximate surface area is 92.6 Å². The first-order chi connectivity index (χ1) is 6.52. The number of carbonyl (C=O) groups is 1. The zero-order valence-electron chi connectivity index (χ0n) is 10.2. The lowest BCUT2D eigenvalue weighted by Gasteiger charge is -2.21. The zero-order chi connectivity index (χ0) is 12.3. The molecule has 0 spiro atoms. The molecule has 0 fully saturated rings. The van der Waals surface area contributed by atoms with Crippen molar-refractivity contribution >= 4 is 15.6 Å². The lowest BCUT2D eigenvalue weighted by molar-refractivity contribution is -0.127. The van der Waals surface area contributed by atoms with Crippen LogP contribution in [0.1, 0.15) is 20.8 Å². The van der Waals surface area contributed by atoms with Crippen molar-refractivity contribution in [2.24, 2.45) is 5.41 Å². The molecule has 15 heavy (non-hydrogen) atoms. The normalized spacial score (nSPS) is 13.2. The Bertz CT molecular complexity index is 314. The van der Waals surface area contributed by atoms with Gasteiger partial charge in [-0.05, 0) is 7.05 Å². The lowest BCUT2D eigenvalue weighted by Crippen LogP contribution is -2.35. The SMILES string of the molecule is CN(CCS(C)(=O)=O)CC(=O)C(C)(C)C. The van der Waals surface area contributed by atoms with Crippen LogP contribution in [-0.4, -0.2) is 51.2 Å². The molecule has 0 unspecified atom stereocenters. The summed E-state index contributed by atoms with van der Waals surface area (Å²) in [7, 11) is -1.18. The molecule has 0 heterocycles. The first-order valence-electron chi connectivity index (χ1n) is 4.92. The number of sulfone groups is 1. The predicted octanol–water partition coefficient (Wildman–Crippen LogP) is 0.578. The van der Waals surface area contributed by atoms with E-state index in [-0.39, 0.29) is 17.0 Å². The van der Waals surface area contributed by atoms with Gasteiger partial charge in [0.2, 0.25) is 0 Å². The van der Waals surface area contributed by atoms with Gasteiger partial charge >= 0.3 is 0 Å². The monoisotopic (exact) mass is 235 g/mol. The highest BCUT2D eigenvalue weighted by Gasteiger charge is 2.22. The molecule has 5 heteroatoms. The number of carbonyl (C=O) groups excluding carboxylic acids is 1. The van der Waals surface area contributed by atoms with Crippen LogP contribution in [0.5, 0.6) is 0 Å². The van der Waals surface area contributed by atoms with Gasteiger partial charge in [0.25, 0.3) is 0 Å². The predicted molar refractivity (Wildman–Crippen MR) is 61.7 cm³/mol. The summed E-state index contributed by atoms with van der Waals surface area (Å²) in [5.41, 5.74) is -0.362. The fourth-order valence-electron chi connectivity index (χ4n) is 0.883. The number of Topliss-reactive ketones (excluding diaryl/α,β-unsaturated/α-hetero) is 1. The largest absolute Gasteiger partial charge is 0.298 e. The molecular formula is C10H21NO3S. The molecular weight excluding hydrogens is 214 g/mol. The molecule has 0 saturated heterocycles. The van der Waals surface area contributed by atoms with Crippen LogP contribution in [-0.2, 0) is 14.6 Å². The molecule has 0 aliphatic heterocycles. The summed E-state index contributed by atoms with van der Waals surface area (Å²) in [4.78, 5) is 13.4. The summed E-state index contributed by atoms with van der Waals surface area (Å²) in [5.74, 6) is 0.222. The maximum Gasteiger partial charge on any atom is 0.152 e. The van der Waals surface area contributed by atoms with Crippen molar-refractivity contribution in [1.82, 2.24) is 4.90 Å². The van der Waals surface area contributed by atoms with E-state index in [1.165, 1.54) is 6.26 Å². The van der Waals surface area contributed by atoms with Crippen molar-refractivity contribution in [3.63, 3.8) is 0 Å². The summed E-state index contributed by atoms with van der Waals surface area (Å²) < 4.78 is 21.8. The Morgan fingerprint density at radius 2 is 1.73 bits per heavy atom. The second kappa shape index (κ2) is 5.07. The molecule has 0 rings (SSSR count). The van der Waals surface area contributed by atoms with E-state index in [1.54, 1.807) is 11.9 Å². The van der Waals surface area contributed by atoms with Gasteiger partial charge in [0.1, 0.15) is 9.84 Å². The summed E-state index contributed by atoms with van der Waals surface area (Å²) >= 11 is 0. The van der Waals surface area contributed by atoms with Gasteiger partial charge in [-0.1, -0.05) is 20.8 Å². The molecule has 0 aromatic rings. The maximum absolute atomic E-state index is 11.6. The minimum atomic E-state index is -2.94. The molecule has 0 radical (unpaired) electrons. The standard InChI is InChI=1S/C10H21NO3S/c1-10(2,3)9(12)8-11(4)6-7-15(5,13)14/h6-8H2,1-5H3. The van der Waals surface area contributed by atoms with E-state index in [4.69, 9.17) is 0 Å². The van der Waals surface area contributed by atoms with Crippen molar-refractivity contribution < 1.29 is 13.2 Å². The van der Waals surface area contributed by atoms with Crippen LogP contribution in [0.25, 0.3) is 0 Å². The molecule has 0 atom stereocenters. The Hall–Kier alpha value is -0.420. The van der Waals surface area contributed by atoms with Crippen molar-refractivity contribution in [3.05, 3.63) is 0 Å². The number of ketones is 1. The summed E-state index contributed by atoms with van der Waals surface area (Å²) in [6.45, 7) is 6.29. The fourth-order valence-corrected chi connectivity index (χ4v) is 1.53. The second-order valence-corrected chi connectivity index (χ2v) is 7.30. The van der Waals surface area contributed by atoms with Crippen molar-refractivity contribution in [2.75, 3.05) is 32.1 Å². The van der Waals surface area contributed by atoms with Gasteiger partial charge in [-0.25, -0.2) is 8.42 Å². The maximum atomic E-state index is 11.6. The van der Waals surface area contributed by atoms with Crippen LogP contribution in [0.2, 0.25) is 0 Å². The third kappa shape index (κ3) is 7.50. The first-order valence-corrected chi connectivity index (χ1v) is 6.98. The van der Waals surface area contributed by atoms with Gasteiger partial charge in [-0.15, -0.1) is 0 Å². The average Bonchev–Trinajstić information content (AvgIpc) is 1.97. The topological polar surface area (TPSA) is 54.5 Å². The molecule has 0 amide bonds. The van der Waals surface area contributed by atoms with Gasteiger partial charge in [-0.2, -0.15) is 0 Å². The van der Waals surface area contributed by atoms with Gasteiger partial charge in [0.15, 0.2) is 5.78 Å². The van der Waals surface area contributed by atoms with E-state index in [1.807, 2.05) is 20.8 Å². The van der Waals surface area contributed by atoms with Crippen molar-refractivity contribution in [2.45, 2.75) is 20.8 Å². The molecule has 90 valence electrons. The number of nitrogens with zero attached hydrogens (tertiary/aromatic N) is 1. The van der Waals surface area contributed by atoms with E-state index in [0.717, 1.165) is 0 Å². The van der Waals surface area contributed by atoms with E-state index in [0.29, 0.717) is 13.1 Å².